The lowest BCUT2D eigenvalue weighted by atomic mass is 10.1. The molecule has 2 rings (SSSR count). The third-order valence-corrected chi connectivity index (χ3v) is 4.69. The number of aliphatic hydroxyl groups is 1. The van der Waals surface area contributed by atoms with Gasteiger partial charge in [-0.15, -0.1) is 0 Å². The van der Waals surface area contributed by atoms with Crippen molar-refractivity contribution < 1.29 is 9.84 Å². The van der Waals surface area contributed by atoms with Crippen molar-refractivity contribution in [1.29, 1.82) is 0 Å². The second-order valence-electron chi connectivity index (χ2n) is 4.40. The molecule has 100 valence electrons. The molecule has 0 aliphatic carbocycles. The van der Waals surface area contributed by atoms with Gasteiger partial charge in [-0.25, -0.2) is 0 Å². The Hall–Kier alpha value is -0.840. The van der Waals surface area contributed by atoms with Gasteiger partial charge in [0.2, 0.25) is 0 Å². The highest BCUT2D eigenvalue weighted by Gasteiger charge is 2.07. The Morgan fingerprint density at radius 3 is 2.21 bits per heavy atom. The summed E-state index contributed by atoms with van der Waals surface area (Å²) in [6, 6.07) is 9.53. The Labute approximate surface area is 129 Å². The van der Waals surface area contributed by atoms with Crippen LogP contribution in [0.4, 0.5) is 0 Å². The largest absolute Gasteiger partial charge is 0.456 e. The van der Waals surface area contributed by atoms with Crippen LogP contribution in [-0.4, -0.2) is 5.11 Å². The van der Waals surface area contributed by atoms with Gasteiger partial charge in [0.15, 0.2) is 0 Å². The van der Waals surface area contributed by atoms with E-state index < -0.39 is 0 Å². The van der Waals surface area contributed by atoms with Gasteiger partial charge in [0.25, 0.3) is 0 Å². The Balaban J connectivity index is 2.31. The average Bonchev–Trinajstić information content (AvgIpc) is 2.38. The molecule has 2 nitrogen and oxygen atoms in total. The standard InChI is InChI=1S/C15H14Br2O2/c1-9-5-12(6-10(2)15(9)17)19-14-4-3-11(8-18)7-13(14)16/h3-7,18H,8H2,1-2H3. The molecule has 19 heavy (non-hydrogen) atoms. The molecule has 0 aliphatic heterocycles. The van der Waals surface area contributed by atoms with Gasteiger partial charge in [-0.3, -0.25) is 0 Å². The van der Waals surface area contributed by atoms with Crippen LogP contribution < -0.4 is 4.74 Å². The molecule has 0 spiro atoms. The van der Waals surface area contributed by atoms with Crippen LogP contribution in [0.25, 0.3) is 0 Å². The number of hydrogen-bond donors (Lipinski definition) is 1. The second-order valence-corrected chi connectivity index (χ2v) is 6.04. The predicted molar refractivity (Wildman–Crippen MR) is 83.8 cm³/mol. The van der Waals surface area contributed by atoms with E-state index in [2.05, 4.69) is 31.9 Å². The molecule has 0 heterocycles. The van der Waals surface area contributed by atoms with Gasteiger partial charge in [0.1, 0.15) is 11.5 Å². The van der Waals surface area contributed by atoms with Crippen molar-refractivity contribution in [1.82, 2.24) is 0 Å². The third-order valence-electron chi connectivity index (χ3n) is 2.82. The van der Waals surface area contributed by atoms with Gasteiger partial charge in [-0.05, 0) is 70.7 Å². The quantitative estimate of drug-likeness (QED) is 0.795. The molecule has 4 heteroatoms. The molecule has 0 aliphatic rings. The van der Waals surface area contributed by atoms with E-state index in [9.17, 15) is 0 Å². The van der Waals surface area contributed by atoms with Gasteiger partial charge in [-0.2, -0.15) is 0 Å². The molecule has 2 aromatic rings. The number of aliphatic hydroxyl groups excluding tert-OH is 1. The van der Waals surface area contributed by atoms with E-state index in [-0.39, 0.29) is 6.61 Å². The fourth-order valence-corrected chi connectivity index (χ4v) is 2.55. The van der Waals surface area contributed by atoms with E-state index in [1.54, 1.807) is 0 Å². The van der Waals surface area contributed by atoms with Gasteiger partial charge in [-0.1, -0.05) is 22.0 Å². The SMILES string of the molecule is Cc1cc(Oc2ccc(CO)cc2Br)cc(C)c1Br. The number of halogens is 2. The van der Waals surface area contributed by atoms with Crippen molar-refractivity contribution in [2.45, 2.75) is 20.5 Å². The van der Waals surface area contributed by atoms with Gasteiger partial charge < -0.3 is 9.84 Å². The number of aryl methyl sites for hydroxylation is 2. The first-order chi connectivity index (χ1) is 9.01. The molecular weight excluding hydrogens is 372 g/mol. The smallest absolute Gasteiger partial charge is 0.141 e. The highest BCUT2D eigenvalue weighted by molar-refractivity contribution is 9.10. The molecular formula is C15H14Br2O2. The number of ether oxygens (including phenoxy) is 1. The van der Waals surface area contributed by atoms with Crippen molar-refractivity contribution in [3.8, 4) is 11.5 Å². The highest BCUT2D eigenvalue weighted by atomic mass is 79.9. The minimum atomic E-state index is 0.0232. The molecule has 1 N–H and O–H groups in total. The average molecular weight is 386 g/mol. The summed E-state index contributed by atoms with van der Waals surface area (Å²) >= 11 is 6.99. The molecule has 0 atom stereocenters. The molecule has 0 fully saturated rings. The van der Waals surface area contributed by atoms with E-state index in [1.807, 2.05) is 44.2 Å². The zero-order valence-corrected chi connectivity index (χ0v) is 13.9. The summed E-state index contributed by atoms with van der Waals surface area (Å²) in [7, 11) is 0. The first-order valence-electron chi connectivity index (χ1n) is 5.85. The van der Waals surface area contributed by atoms with Crippen molar-refractivity contribution >= 4 is 31.9 Å². The Morgan fingerprint density at radius 1 is 1.05 bits per heavy atom. The first kappa shape index (κ1) is 14.6. The van der Waals surface area contributed by atoms with E-state index in [0.717, 1.165) is 37.1 Å². The lowest BCUT2D eigenvalue weighted by Gasteiger charge is -2.11. The fraction of sp³-hybridized carbons (Fsp3) is 0.200. The summed E-state index contributed by atoms with van der Waals surface area (Å²) in [6.45, 7) is 4.09. The Bertz CT molecular complexity index is 586. The van der Waals surface area contributed by atoms with E-state index in [4.69, 9.17) is 9.84 Å². The molecule has 0 saturated heterocycles. The van der Waals surface area contributed by atoms with Crippen LogP contribution >= 0.6 is 31.9 Å². The molecule has 0 unspecified atom stereocenters. The molecule has 0 aromatic heterocycles. The summed E-state index contributed by atoms with van der Waals surface area (Å²) in [6.07, 6.45) is 0. The van der Waals surface area contributed by atoms with Gasteiger partial charge in [0.05, 0.1) is 11.1 Å². The molecule has 0 radical (unpaired) electrons. The van der Waals surface area contributed by atoms with Crippen molar-refractivity contribution in [3.63, 3.8) is 0 Å². The maximum Gasteiger partial charge on any atom is 0.141 e. The van der Waals surface area contributed by atoms with Crippen LogP contribution in [0.1, 0.15) is 16.7 Å². The van der Waals surface area contributed by atoms with Crippen molar-refractivity contribution in [2.24, 2.45) is 0 Å². The first-order valence-corrected chi connectivity index (χ1v) is 7.43. The number of rotatable bonds is 3. The lowest BCUT2D eigenvalue weighted by molar-refractivity contribution is 0.281. The molecule has 0 saturated carbocycles. The van der Waals surface area contributed by atoms with Crippen LogP contribution in [0.2, 0.25) is 0 Å². The highest BCUT2D eigenvalue weighted by Crippen LogP contribution is 2.33. The summed E-state index contributed by atoms with van der Waals surface area (Å²) in [4.78, 5) is 0. The van der Waals surface area contributed by atoms with Crippen LogP contribution in [0.15, 0.2) is 39.3 Å². The molecule has 0 amide bonds. The third kappa shape index (κ3) is 3.38. The normalized spacial score (nSPS) is 10.6. The molecule has 2 aromatic carbocycles. The summed E-state index contributed by atoms with van der Waals surface area (Å²) < 4.78 is 7.81. The predicted octanol–water partition coefficient (Wildman–Crippen LogP) is 5.11. The summed E-state index contributed by atoms with van der Waals surface area (Å²) in [5.74, 6) is 1.54. The van der Waals surface area contributed by atoms with Crippen LogP contribution in [0, 0.1) is 13.8 Å². The van der Waals surface area contributed by atoms with Crippen molar-refractivity contribution in [3.05, 3.63) is 56.0 Å². The van der Waals surface area contributed by atoms with E-state index >= 15 is 0 Å². The summed E-state index contributed by atoms with van der Waals surface area (Å²) in [5, 5.41) is 9.08. The van der Waals surface area contributed by atoms with Crippen LogP contribution in [0.5, 0.6) is 11.5 Å². The maximum absolute atomic E-state index is 9.08. The van der Waals surface area contributed by atoms with Gasteiger partial charge >= 0.3 is 0 Å². The minimum absolute atomic E-state index is 0.0232. The molecule has 0 bridgehead atoms. The Kier molecular flexibility index (Phi) is 4.66. The maximum atomic E-state index is 9.08. The minimum Gasteiger partial charge on any atom is -0.456 e. The zero-order chi connectivity index (χ0) is 14.0. The van der Waals surface area contributed by atoms with Crippen LogP contribution in [0.3, 0.4) is 0 Å². The second kappa shape index (κ2) is 6.07. The lowest BCUT2D eigenvalue weighted by Crippen LogP contribution is -1.91. The Morgan fingerprint density at radius 2 is 1.68 bits per heavy atom. The summed E-state index contributed by atoms with van der Waals surface area (Å²) in [5.41, 5.74) is 3.12. The van der Waals surface area contributed by atoms with Gasteiger partial charge in [0, 0.05) is 4.47 Å². The number of hydrogen-bond acceptors (Lipinski definition) is 2. The van der Waals surface area contributed by atoms with Crippen LogP contribution in [-0.2, 0) is 6.61 Å². The van der Waals surface area contributed by atoms with Crippen molar-refractivity contribution in [2.75, 3.05) is 0 Å². The topological polar surface area (TPSA) is 29.5 Å². The van der Waals surface area contributed by atoms with E-state index in [1.165, 1.54) is 0 Å². The fourth-order valence-electron chi connectivity index (χ4n) is 1.82. The number of benzene rings is 2. The van der Waals surface area contributed by atoms with E-state index in [0.29, 0.717) is 0 Å². The monoisotopic (exact) mass is 384 g/mol. The zero-order valence-electron chi connectivity index (χ0n) is 10.7.